The SMILES string of the molecule is CCc1noc(C(C)Sc2nnc(-c3ccc(OC)cc3)n2CCc2ccccc2)n1. The summed E-state index contributed by atoms with van der Waals surface area (Å²) in [6.45, 7) is 4.81. The van der Waals surface area contributed by atoms with Crippen molar-refractivity contribution < 1.29 is 9.26 Å². The molecule has 0 aliphatic heterocycles. The van der Waals surface area contributed by atoms with Crippen molar-refractivity contribution in [3.63, 3.8) is 0 Å². The zero-order valence-electron chi connectivity index (χ0n) is 17.9. The Kier molecular flexibility index (Phi) is 6.66. The minimum absolute atomic E-state index is 0.0313. The molecule has 0 bridgehead atoms. The summed E-state index contributed by atoms with van der Waals surface area (Å²) in [7, 11) is 1.66. The zero-order chi connectivity index (χ0) is 21.6. The van der Waals surface area contributed by atoms with Crippen LogP contribution in [0.3, 0.4) is 0 Å². The molecule has 2 aromatic heterocycles. The summed E-state index contributed by atoms with van der Waals surface area (Å²) >= 11 is 1.57. The maximum absolute atomic E-state index is 5.42. The monoisotopic (exact) mass is 435 g/mol. The number of benzene rings is 2. The van der Waals surface area contributed by atoms with Gasteiger partial charge >= 0.3 is 0 Å². The van der Waals surface area contributed by atoms with Gasteiger partial charge in [0.05, 0.1) is 12.4 Å². The average molecular weight is 436 g/mol. The molecule has 4 rings (SSSR count). The van der Waals surface area contributed by atoms with Gasteiger partial charge in [0.25, 0.3) is 0 Å². The van der Waals surface area contributed by atoms with E-state index in [2.05, 4.69) is 49.2 Å². The van der Waals surface area contributed by atoms with E-state index in [1.807, 2.05) is 44.2 Å². The highest BCUT2D eigenvalue weighted by molar-refractivity contribution is 7.99. The summed E-state index contributed by atoms with van der Waals surface area (Å²) in [5, 5.41) is 13.8. The summed E-state index contributed by atoms with van der Waals surface area (Å²) in [6.07, 6.45) is 1.63. The number of thioether (sulfide) groups is 1. The third-order valence-electron chi connectivity index (χ3n) is 4.96. The van der Waals surface area contributed by atoms with E-state index in [-0.39, 0.29) is 5.25 Å². The molecule has 0 aliphatic rings. The van der Waals surface area contributed by atoms with Crippen LogP contribution in [0.4, 0.5) is 0 Å². The topological polar surface area (TPSA) is 78.9 Å². The van der Waals surface area contributed by atoms with Crippen molar-refractivity contribution in [1.29, 1.82) is 0 Å². The minimum atomic E-state index is -0.0313. The Morgan fingerprint density at radius 1 is 1.06 bits per heavy atom. The Balaban J connectivity index is 1.62. The van der Waals surface area contributed by atoms with Gasteiger partial charge in [-0.2, -0.15) is 4.98 Å². The summed E-state index contributed by atoms with van der Waals surface area (Å²) in [5.74, 6) is 2.95. The highest BCUT2D eigenvalue weighted by atomic mass is 32.2. The van der Waals surface area contributed by atoms with Gasteiger partial charge in [-0.25, -0.2) is 0 Å². The molecule has 0 amide bonds. The molecule has 2 aromatic carbocycles. The number of methoxy groups -OCH3 is 1. The zero-order valence-corrected chi connectivity index (χ0v) is 18.7. The maximum Gasteiger partial charge on any atom is 0.239 e. The second kappa shape index (κ2) is 9.78. The highest BCUT2D eigenvalue weighted by Crippen LogP contribution is 2.35. The van der Waals surface area contributed by atoms with E-state index in [0.717, 1.165) is 41.7 Å². The fraction of sp³-hybridized carbons (Fsp3) is 0.304. The second-order valence-corrected chi connectivity index (χ2v) is 8.39. The number of aryl methyl sites for hydroxylation is 2. The molecule has 8 heteroatoms. The lowest BCUT2D eigenvalue weighted by atomic mass is 10.1. The molecule has 2 heterocycles. The van der Waals surface area contributed by atoms with Gasteiger partial charge in [-0.05, 0) is 43.2 Å². The van der Waals surface area contributed by atoms with Crippen LogP contribution < -0.4 is 4.74 Å². The summed E-state index contributed by atoms with van der Waals surface area (Å²) < 4.78 is 12.9. The van der Waals surface area contributed by atoms with E-state index in [4.69, 9.17) is 9.26 Å². The molecule has 31 heavy (non-hydrogen) atoms. The summed E-state index contributed by atoms with van der Waals surface area (Å²) in [5.41, 5.74) is 2.26. The van der Waals surface area contributed by atoms with E-state index in [0.29, 0.717) is 11.7 Å². The number of rotatable bonds is 9. The van der Waals surface area contributed by atoms with Gasteiger partial charge in [-0.1, -0.05) is 54.2 Å². The molecule has 0 saturated heterocycles. The Morgan fingerprint density at radius 3 is 2.52 bits per heavy atom. The van der Waals surface area contributed by atoms with Crippen molar-refractivity contribution in [2.45, 2.75) is 43.6 Å². The van der Waals surface area contributed by atoms with E-state index in [1.165, 1.54) is 5.56 Å². The van der Waals surface area contributed by atoms with Gasteiger partial charge in [0.1, 0.15) is 5.75 Å². The first kappa shape index (κ1) is 21.1. The molecule has 1 unspecified atom stereocenters. The Labute approximate surface area is 185 Å². The number of nitrogens with zero attached hydrogens (tertiary/aromatic N) is 5. The van der Waals surface area contributed by atoms with Crippen LogP contribution in [-0.2, 0) is 19.4 Å². The van der Waals surface area contributed by atoms with Gasteiger partial charge in [0.15, 0.2) is 16.8 Å². The first-order valence-electron chi connectivity index (χ1n) is 10.3. The van der Waals surface area contributed by atoms with Gasteiger partial charge in [-0.3, -0.25) is 0 Å². The van der Waals surface area contributed by atoms with Gasteiger partial charge < -0.3 is 13.8 Å². The fourth-order valence-corrected chi connectivity index (χ4v) is 4.11. The Morgan fingerprint density at radius 2 is 1.84 bits per heavy atom. The predicted octanol–water partition coefficient (Wildman–Crippen LogP) is 5.00. The molecular formula is C23H25N5O2S. The van der Waals surface area contributed by atoms with Crippen LogP contribution >= 0.6 is 11.8 Å². The quantitative estimate of drug-likeness (QED) is 0.343. The standard InChI is InChI=1S/C23H25N5O2S/c1-4-20-24-22(30-27-20)16(2)31-23-26-25-21(18-10-12-19(29-3)13-11-18)28(23)15-14-17-8-6-5-7-9-17/h5-13,16H,4,14-15H2,1-3H3. The third kappa shape index (κ3) is 4.96. The van der Waals surface area contributed by atoms with Gasteiger partial charge in [0.2, 0.25) is 5.89 Å². The molecule has 1 atom stereocenters. The summed E-state index contributed by atoms with van der Waals surface area (Å²) in [6, 6.07) is 18.3. The van der Waals surface area contributed by atoms with Crippen molar-refractivity contribution in [2.75, 3.05) is 7.11 Å². The van der Waals surface area contributed by atoms with Crippen LogP contribution in [-0.4, -0.2) is 32.0 Å². The van der Waals surface area contributed by atoms with E-state index in [1.54, 1.807) is 18.9 Å². The highest BCUT2D eigenvalue weighted by Gasteiger charge is 2.21. The second-order valence-electron chi connectivity index (χ2n) is 7.08. The molecule has 0 aliphatic carbocycles. The minimum Gasteiger partial charge on any atom is -0.497 e. The maximum atomic E-state index is 5.42. The molecule has 7 nitrogen and oxygen atoms in total. The number of aromatic nitrogens is 5. The number of hydrogen-bond acceptors (Lipinski definition) is 7. The molecule has 0 N–H and O–H groups in total. The number of ether oxygens (including phenoxy) is 1. The molecule has 0 saturated carbocycles. The van der Waals surface area contributed by atoms with Crippen molar-refractivity contribution in [3.05, 3.63) is 71.9 Å². The largest absolute Gasteiger partial charge is 0.497 e. The first-order valence-corrected chi connectivity index (χ1v) is 11.2. The lowest BCUT2D eigenvalue weighted by Crippen LogP contribution is -2.06. The molecule has 0 radical (unpaired) electrons. The molecule has 160 valence electrons. The van der Waals surface area contributed by atoms with Crippen molar-refractivity contribution in [3.8, 4) is 17.1 Å². The molecule has 0 fully saturated rings. The van der Waals surface area contributed by atoms with E-state index < -0.39 is 0 Å². The van der Waals surface area contributed by atoms with Crippen LogP contribution in [0.25, 0.3) is 11.4 Å². The number of hydrogen-bond donors (Lipinski definition) is 0. The van der Waals surface area contributed by atoms with Crippen LogP contribution in [0.1, 0.15) is 36.4 Å². The Bertz CT molecular complexity index is 1110. The fourth-order valence-electron chi connectivity index (χ4n) is 3.20. The molecular weight excluding hydrogens is 410 g/mol. The van der Waals surface area contributed by atoms with Gasteiger partial charge in [0, 0.05) is 18.5 Å². The van der Waals surface area contributed by atoms with Crippen molar-refractivity contribution in [2.24, 2.45) is 0 Å². The predicted molar refractivity (Wildman–Crippen MR) is 120 cm³/mol. The normalized spacial score (nSPS) is 12.1. The van der Waals surface area contributed by atoms with Gasteiger partial charge in [-0.15, -0.1) is 10.2 Å². The van der Waals surface area contributed by atoms with Crippen LogP contribution in [0.5, 0.6) is 5.75 Å². The van der Waals surface area contributed by atoms with E-state index >= 15 is 0 Å². The molecule has 0 spiro atoms. The third-order valence-corrected chi connectivity index (χ3v) is 6.03. The van der Waals surface area contributed by atoms with Crippen LogP contribution in [0.2, 0.25) is 0 Å². The average Bonchev–Trinajstić information content (AvgIpc) is 3.46. The van der Waals surface area contributed by atoms with Crippen LogP contribution in [0.15, 0.2) is 64.3 Å². The smallest absolute Gasteiger partial charge is 0.239 e. The summed E-state index contributed by atoms with van der Waals surface area (Å²) in [4.78, 5) is 4.46. The van der Waals surface area contributed by atoms with Crippen molar-refractivity contribution >= 4 is 11.8 Å². The molecule has 4 aromatic rings. The Hall–Kier alpha value is -3.13. The lowest BCUT2D eigenvalue weighted by Gasteiger charge is -2.12. The van der Waals surface area contributed by atoms with E-state index in [9.17, 15) is 0 Å². The lowest BCUT2D eigenvalue weighted by molar-refractivity contribution is 0.375. The van der Waals surface area contributed by atoms with Crippen molar-refractivity contribution in [1.82, 2.24) is 24.9 Å². The van der Waals surface area contributed by atoms with Crippen LogP contribution in [0, 0.1) is 0 Å². The first-order chi connectivity index (χ1) is 15.2.